The van der Waals surface area contributed by atoms with Gasteiger partial charge in [0.1, 0.15) is 0 Å². The van der Waals surface area contributed by atoms with Gasteiger partial charge in [0, 0.05) is 18.1 Å². The molecule has 0 amide bonds. The Hall–Kier alpha value is -0.0800. The van der Waals surface area contributed by atoms with E-state index >= 15 is 0 Å². The van der Waals surface area contributed by atoms with Crippen molar-refractivity contribution in [3.05, 3.63) is 0 Å². The van der Waals surface area contributed by atoms with Gasteiger partial charge >= 0.3 is 0 Å². The highest BCUT2D eigenvalue weighted by atomic mass is 15.2. The molecule has 1 N–H and O–H groups in total. The van der Waals surface area contributed by atoms with Gasteiger partial charge in [-0.2, -0.15) is 0 Å². The first-order valence-electron chi connectivity index (χ1n) is 8.21. The normalized spacial score (nSPS) is 36.5. The van der Waals surface area contributed by atoms with Gasteiger partial charge in [0.25, 0.3) is 0 Å². The third-order valence-electron chi connectivity index (χ3n) is 5.15. The lowest BCUT2D eigenvalue weighted by Crippen LogP contribution is -2.55. The van der Waals surface area contributed by atoms with Crippen LogP contribution < -0.4 is 5.32 Å². The zero-order valence-electron chi connectivity index (χ0n) is 12.6. The molecule has 2 aliphatic rings. The molecule has 2 atom stereocenters. The molecule has 1 heterocycles. The first kappa shape index (κ1) is 14.3. The quantitative estimate of drug-likeness (QED) is 0.825. The summed E-state index contributed by atoms with van der Waals surface area (Å²) in [4.78, 5) is 2.86. The minimum absolute atomic E-state index is 0.662. The lowest BCUT2D eigenvalue weighted by Gasteiger charge is -2.46. The average Bonchev–Trinajstić information content (AvgIpc) is 2.40. The molecule has 0 radical (unpaired) electrons. The maximum Gasteiger partial charge on any atom is 0.0249 e. The van der Waals surface area contributed by atoms with Gasteiger partial charge < -0.3 is 5.32 Å². The third kappa shape index (κ3) is 3.48. The predicted molar refractivity (Wildman–Crippen MR) is 78.9 cm³/mol. The monoisotopic (exact) mass is 252 g/mol. The number of piperidine rings is 1. The van der Waals surface area contributed by atoms with Crippen molar-refractivity contribution in [2.45, 2.75) is 83.8 Å². The van der Waals surface area contributed by atoms with E-state index in [1.54, 1.807) is 0 Å². The Balaban J connectivity index is 1.94. The molecule has 1 saturated heterocycles. The first-order chi connectivity index (χ1) is 8.72. The van der Waals surface area contributed by atoms with Crippen LogP contribution in [0.4, 0.5) is 0 Å². The molecule has 0 aromatic rings. The Bertz CT molecular complexity index is 233. The van der Waals surface area contributed by atoms with Crippen LogP contribution in [0, 0.1) is 5.92 Å². The van der Waals surface area contributed by atoms with Crippen molar-refractivity contribution in [2.24, 2.45) is 5.92 Å². The van der Waals surface area contributed by atoms with Crippen molar-refractivity contribution in [1.29, 1.82) is 0 Å². The van der Waals surface area contributed by atoms with Crippen LogP contribution in [0.25, 0.3) is 0 Å². The van der Waals surface area contributed by atoms with E-state index in [1.807, 2.05) is 0 Å². The second-order valence-electron chi connectivity index (χ2n) is 6.56. The first-order valence-corrected chi connectivity index (χ1v) is 8.21. The standard InChI is InChI=1S/C16H32N2/c1-4-17-14(3)16-7-5-6-12-18(16)15-10-8-13(2)9-11-15/h13-17H,4-12H2,1-3H3. The molecular weight excluding hydrogens is 220 g/mol. The third-order valence-corrected chi connectivity index (χ3v) is 5.15. The maximum atomic E-state index is 3.65. The number of nitrogens with zero attached hydrogens (tertiary/aromatic N) is 1. The zero-order valence-corrected chi connectivity index (χ0v) is 12.6. The van der Waals surface area contributed by atoms with E-state index in [2.05, 4.69) is 31.0 Å². The van der Waals surface area contributed by atoms with Gasteiger partial charge in [-0.1, -0.05) is 20.3 Å². The van der Waals surface area contributed by atoms with Gasteiger partial charge in [-0.25, -0.2) is 0 Å². The molecule has 106 valence electrons. The van der Waals surface area contributed by atoms with Crippen molar-refractivity contribution in [2.75, 3.05) is 13.1 Å². The van der Waals surface area contributed by atoms with Crippen molar-refractivity contribution in [1.82, 2.24) is 10.2 Å². The summed E-state index contributed by atoms with van der Waals surface area (Å²) in [6, 6.07) is 2.33. The molecule has 0 aromatic heterocycles. The summed E-state index contributed by atoms with van der Waals surface area (Å²) in [6.07, 6.45) is 10.0. The van der Waals surface area contributed by atoms with Crippen molar-refractivity contribution >= 4 is 0 Å². The van der Waals surface area contributed by atoms with Crippen LogP contribution in [0.5, 0.6) is 0 Å². The Morgan fingerprint density at radius 3 is 2.50 bits per heavy atom. The van der Waals surface area contributed by atoms with Crippen molar-refractivity contribution < 1.29 is 0 Å². The molecule has 1 aliphatic carbocycles. The summed E-state index contributed by atoms with van der Waals surface area (Å²) < 4.78 is 0. The largest absolute Gasteiger partial charge is 0.313 e. The highest BCUT2D eigenvalue weighted by molar-refractivity contribution is 4.90. The van der Waals surface area contributed by atoms with Gasteiger partial charge in [-0.15, -0.1) is 0 Å². The van der Waals surface area contributed by atoms with Crippen molar-refractivity contribution in [3.8, 4) is 0 Å². The molecule has 2 nitrogen and oxygen atoms in total. The highest BCUT2D eigenvalue weighted by Gasteiger charge is 2.33. The summed E-state index contributed by atoms with van der Waals surface area (Å²) in [6.45, 7) is 9.49. The molecule has 1 aliphatic heterocycles. The van der Waals surface area contributed by atoms with Crippen LogP contribution in [0.15, 0.2) is 0 Å². The summed E-state index contributed by atoms with van der Waals surface area (Å²) >= 11 is 0. The van der Waals surface area contributed by atoms with Crippen LogP contribution in [-0.2, 0) is 0 Å². The van der Waals surface area contributed by atoms with Crippen LogP contribution in [0.2, 0.25) is 0 Å². The van der Waals surface area contributed by atoms with E-state index in [-0.39, 0.29) is 0 Å². The summed E-state index contributed by atoms with van der Waals surface area (Å²) in [5.74, 6) is 0.968. The fraction of sp³-hybridized carbons (Fsp3) is 1.00. The van der Waals surface area contributed by atoms with E-state index in [9.17, 15) is 0 Å². The van der Waals surface area contributed by atoms with Gasteiger partial charge in [-0.3, -0.25) is 4.90 Å². The molecule has 2 fully saturated rings. The number of hydrogen-bond acceptors (Lipinski definition) is 2. The van der Waals surface area contributed by atoms with E-state index in [0.29, 0.717) is 6.04 Å². The van der Waals surface area contributed by atoms with Crippen LogP contribution in [0.1, 0.15) is 65.7 Å². The number of likely N-dealkylation sites (N-methyl/N-ethyl adjacent to an activating group) is 1. The Morgan fingerprint density at radius 2 is 1.83 bits per heavy atom. The number of rotatable bonds is 4. The molecule has 0 aromatic carbocycles. The maximum absolute atomic E-state index is 3.65. The zero-order chi connectivity index (χ0) is 13.0. The molecular formula is C16H32N2. The van der Waals surface area contributed by atoms with Gasteiger partial charge in [0.2, 0.25) is 0 Å². The second-order valence-corrected chi connectivity index (χ2v) is 6.56. The van der Waals surface area contributed by atoms with E-state index < -0.39 is 0 Å². The van der Waals surface area contributed by atoms with Gasteiger partial charge in [0.05, 0.1) is 0 Å². The molecule has 18 heavy (non-hydrogen) atoms. The Morgan fingerprint density at radius 1 is 1.11 bits per heavy atom. The molecule has 0 spiro atoms. The van der Waals surface area contributed by atoms with E-state index in [1.165, 1.54) is 51.5 Å². The number of likely N-dealkylation sites (tertiary alicyclic amines) is 1. The van der Waals surface area contributed by atoms with E-state index in [0.717, 1.165) is 24.5 Å². The minimum Gasteiger partial charge on any atom is -0.313 e. The fourth-order valence-corrected chi connectivity index (χ4v) is 4.00. The highest BCUT2D eigenvalue weighted by Crippen LogP contribution is 2.32. The average molecular weight is 252 g/mol. The number of hydrogen-bond donors (Lipinski definition) is 1. The molecule has 2 heteroatoms. The smallest absolute Gasteiger partial charge is 0.0249 e. The molecule has 1 saturated carbocycles. The minimum atomic E-state index is 0.662. The van der Waals surface area contributed by atoms with E-state index in [4.69, 9.17) is 0 Å². The summed E-state index contributed by atoms with van der Waals surface area (Å²) in [5.41, 5.74) is 0. The summed E-state index contributed by atoms with van der Waals surface area (Å²) in [7, 11) is 0. The topological polar surface area (TPSA) is 15.3 Å². The lowest BCUT2D eigenvalue weighted by atomic mass is 9.84. The lowest BCUT2D eigenvalue weighted by molar-refractivity contribution is 0.0479. The van der Waals surface area contributed by atoms with Gasteiger partial charge in [0.15, 0.2) is 0 Å². The van der Waals surface area contributed by atoms with Crippen LogP contribution in [0.3, 0.4) is 0 Å². The Kier molecular flexibility index (Phi) is 5.50. The van der Waals surface area contributed by atoms with Crippen LogP contribution in [-0.4, -0.2) is 36.1 Å². The second kappa shape index (κ2) is 6.91. The van der Waals surface area contributed by atoms with Crippen molar-refractivity contribution in [3.63, 3.8) is 0 Å². The number of nitrogens with one attached hydrogen (secondary N) is 1. The molecule has 2 unspecified atom stereocenters. The predicted octanol–water partition coefficient (Wildman–Crippen LogP) is 3.42. The SMILES string of the molecule is CCNC(C)C1CCCCN1C1CCC(C)CC1. The summed E-state index contributed by atoms with van der Waals surface area (Å²) in [5, 5.41) is 3.65. The Labute approximate surface area is 114 Å². The fourth-order valence-electron chi connectivity index (χ4n) is 4.00. The van der Waals surface area contributed by atoms with Crippen LogP contribution >= 0.6 is 0 Å². The molecule has 0 bridgehead atoms. The van der Waals surface area contributed by atoms with Gasteiger partial charge in [-0.05, 0) is 64.5 Å². The molecule has 2 rings (SSSR count).